The number of halogens is 3. The number of aliphatic carboxylic acids is 1. The van der Waals surface area contributed by atoms with Crippen molar-refractivity contribution >= 4 is 5.97 Å². The molecule has 0 amide bonds. The van der Waals surface area contributed by atoms with Gasteiger partial charge in [-0.1, -0.05) is 6.92 Å². The molecule has 1 aromatic carbocycles. The summed E-state index contributed by atoms with van der Waals surface area (Å²) in [5.41, 5.74) is -0.135. The molecule has 82 valence electrons. The Bertz CT molecular complexity index is 390. The summed E-state index contributed by atoms with van der Waals surface area (Å²) in [5.74, 6) is -5.34. The van der Waals surface area contributed by atoms with Crippen LogP contribution >= 0.6 is 0 Å². The SMILES string of the molecule is CC(Cc1cc(F)c(F)cc1F)C(=O)O. The van der Waals surface area contributed by atoms with Crippen molar-refractivity contribution in [3.8, 4) is 0 Å². The molecule has 0 aliphatic carbocycles. The van der Waals surface area contributed by atoms with Crippen molar-refractivity contribution in [3.05, 3.63) is 35.1 Å². The van der Waals surface area contributed by atoms with Gasteiger partial charge in [0.15, 0.2) is 11.6 Å². The van der Waals surface area contributed by atoms with Crippen LogP contribution in [0.5, 0.6) is 0 Å². The van der Waals surface area contributed by atoms with Crippen molar-refractivity contribution in [3.63, 3.8) is 0 Å². The lowest BCUT2D eigenvalue weighted by Gasteiger charge is -2.07. The lowest BCUT2D eigenvalue weighted by Crippen LogP contribution is -2.13. The molecular formula is C10H9F3O2. The molecule has 0 radical (unpaired) electrons. The lowest BCUT2D eigenvalue weighted by molar-refractivity contribution is -0.141. The van der Waals surface area contributed by atoms with Gasteiger partial charge in [-0.15, -0.1) is 0 Å². The van der Waals surface area contributed by atoms with Crippen LogP contribution in [0.15, 0.2) is 12.1 Å². The van der Waals surface area contributed by atoms with E-state index in [1.165, 1.54) is 6.92 Å². The summed E-state index contributed by atoms with van der Waals surface area (Å²) in [6, 6.07) is 1.10. The quantitative estimate of drug-likeness (QED) is 0.791. The Balaban J connectivity index is 2.95. The summed E-state index contributed by atoms with van der Waals surface area (Å²) < 4.78 is 38.3. The molecule has 0 saturated heterocycles. The number of carboxylic acids is 1. The van der Waals surface area contributed by atoms with Crippen molar-refractivity contribution in [2.24, 2.45) is 5.92 Å². The van der Waals surface area contributed by atoms with Gasteiger partial charge in [-0.25, -0.2) is 13.2 Å². The fraction of sp³-hybridized carbons (Fsp3) is 0.300. The average Bonchev–Trinajstić information content (AvgIpc) is 2.13. The zero-order valence-electron chi connectivity index (χ0n) is 7.93. The molecule has 0 aliphatic heterocycles. The van der Waals surface area contributed by atoms with Crippen molar-refractivity contribution in [2.45, 2.75) is 13.3 Å². The minimum Gasteiger partial charge on any atom is -0.481 e. The van der Waals surface area contributed by atoms with Gasteiger partial charge in [-0.2, -0.15) is 0 Å². The van der Waals surface area contributed by atoms with Crippen molar-refractivity contribution in [1.29, 1.82) is 0 Å². The molecule has 1 atom stereocenters. The number of hydrogen-bond donors (Lipinski definition) is 1. The Kier molecular flexibility index (Phi) is 3.34. The van der Waals surface area contributed by atoms with Crippen LogP contribution in [0, 0.1) is 23.4 Å². The van der Waals surface area contributed by atoms with Gasteiger partial charge in [-0.05, 0) is 18.1 Å². The molecule has 0 fully saturated rings. The minimum atomic E-state index is -1.28. The van der Waals surface area contributed by atoms with Crippen molar-refractivity contribution in [2.75, 3.05) is 0 Å². The largest absolute Gasteiger partial charge is 0.481 e. The monoisotopic (exact) mass is 218 g/mol. The Labute approximate surface area is 84.3 Å². The summed E-state index contributed by atoms with van der Waals surface area (Å²) in [7, 11) is 0. The predicted octanol–water partition coefficient (Wildman–Crippen LogP) is 2.37. The second-order valence-corrected chi connectivity index (χ2v) is 3.30. The second kappa shape index (κ2) is 4.33. The third kappa shape index (κ3) is 2.71. The highest BCUT2D eigenvalue weighted by atomic mass is 19.2. The fourth-order valence-electron chi connectivity index (χ4n) is 1.14. The van der Waals surface area contributed by atoms with Crippen LogP contribution in [0.25, 0.3) is 0 Å². The van der Waals surface area contributed by atoms with Gasteiger partial charge < -0.3 is 5.11 Å². The molecular weight excluding hydrogens is 209 g/mol. The topological polar surface area (TPSA) is 37.3 Å². The first kappa shape index (κ1) is 11.6. The van der Waals surface area contributed by atoms with E-state index in [1.54, 1.807) is 0 Å². The minimum absolute atomic E-state index is 0.135. The molecule has 0 saturated carbocycles. The summed E-state index contributed by atoms with van der Waals surface area (Å²) in [4.78, 5) is 10.5. The fourth-order valence-corrected chi connectivity index (χ4v) is 1.14. The first-order valence-electron chi connectivity index (χ1n) is 4.28. The van der Waals surface area contributed by atoms with E-state index in [-0.39, 0.29) is 12.0 Å². The molecule has 2 nitrogen and oxygen atoms in total. The highest BCUT2D eigenvalue weighted by Gasteiger charge is 2.16. The molecule has 0 heterocycles. The molecule has 0 aromatic heterocycles. The molecule has 5 heteroatoms. The van der Waals surface area contributed by atoms with E-state index in [9.17, 15) is 18.0 Å². The molecule has 0 aliphatic rings. The molecule has 15 heavy (non-hydrogen) atoms. The summed E-state index contributed by atoms with van der Waals surface area (Å²) in [6.45, 7) is 1.36. The average molecular weight is 218 g/mol. The number of hydrogen-bond acceptors (Lipinski definition) is 1. The molecule has 1 rings (SSSR count). The van der Waals surface area contributed by atoms with Crippen LogP contribution in [-0.2, 0) is 11.2 Å². The molecule has 0 spiro atoms. The summed E-state index contributed by atoms with van der Waals surface area (Å²) in [5, 5.41) is 8.57. The van der Waals surface area contributed by atoms with E-state index >= 15 is 0 Å². The first-order chi connectivity index (χ1) is 6.91. The number of rotatable bonds is 3. The van der Waals surface area contributed by atoms with E-state index in [1.807, 2.05) is 0 Å². The van der Waals surface area contributed by atoms with E-state index < -0.39 is 29.3 Å². The maximum absolute atomic E-state index is 13.1. The third-order valence-corrected chi connectivity index (χ3v) is 2.04. The highest BCUT2D eigenvalue weighted by Crippen LogP contribution is 2.17. The van der Waals surface area contributed by atoms with E-state index in [0.29, 0.717) is 12.1 Å². The maximum Gasteiger partial charge on any atom is 0.306 e. The van der Waals surface area contributed by atoms with Crippen molar-refractivity contribution < 1.29 is 23.1 Å². The van der Waals surface area contributed by atoms with Gasteiger partial charge in [-0.3, -0.25) is 4.79 Å². The zero-order chi connectivity index (χ0) is 11.6. The number of benzene rings is 1. The third-order valence-electron chi connectivity index (χ3n) is 2.04. The molecule has 1 aromatic rings. The molecule has 1 N–H and O–H groups in total. The second-order valence-electron chi connectivity index (χ2n) is 3.30. The van der Waals surface area contributed by atoms with E-state index in [4.69, 9.17) is 5.11 Å². The van der Waals surface area contributed by atoms with E-state index in [0.717, 1.165) is 0 Å². The molecule has 0 bridgehead atoms. The Morgan fingerprint density at radius 1 is 1.27 bits per heavy atom. The van der Waals surface area contributed by atoms with Gasteiger partial charge in [0.1, 0.15) is 5.82 Å². The smallest absolute Gasteiger partial charge is 0.306 e. The first-order valence-corrected chi connectivity index (χ1v) is 4.28. The van der Waals surface area contributed by atoms with Crippen LogP contribution in [0.1, 0.15) is 12.5 Å². The normalized spacial score (nSPS) is 12.5. The number of carboxylic acid groups (broad SMARTS) is 1. The van der Waals surface area contributed by atoms with Crippen LogP contribution in [0.2, 0.25) is 0 Å². The van der Waals surface area contributed by atoms with Crippen molar-refractivity contribution in [1.82, 2.24) is 0 Å². The zero-order valence-corrected chi connectivity index (χ0v) is 7.93. The standard InChI is InChI=1S/C10H9F3O2/c1-5(10(14)15)2-6-3-8(12)9(13)4-7(6)11/h3-5H,2H2,1H3,(H,14,15). The Hall–Kier alpha value is -1.52. The Morgan fingerprint density at radius 3 is 2.33 bits per heavy atom. The lowest BCUT2D eigenvalue weighted by atomic mass is 10.0. The summed E-state index contributed by atoms with van der Waals surface area (Å²) >= 11 is 0. The van der Waals surface area contributed by atoms with E-state index in [2.05, 4.69) is 0 Å². The maximum atomic E-state index is 13.1. The summed E-state index contributed by atoms with van der Waals surface area (Å²) in [6.07, 6.45) is -0.168. The number of carbonyl (C=O) groups is 1. The predicted molar refractivity (Wildman–Crippen MR) is 46.8 cm³/mol. The highest BCUT2D eigenvalue weighted by molar-refractivity contribution is 5.69. The van der Waals surface area contributed by atoms with Crippen LogP contribution in [-0.4, -0.2) is 11.1 Å². The molecule has 1 unspecified atom stereocenters. The van der Waals surface area contributed by atoms with Gasteiger partial charge in [0, 0.05) is 6.07 Å². The van der Waals surface area contributed by atoms with Gasteiger partial charge >= 0.3 is 5.97 Å². The van der Waals surface area contributed by atoms with Gasteiger partial charge in [0.25, 0.3) is 0 Å². The van der Waals surface area contributed by atoms with Crippen LogP contribution < -0.4 is 0 Å². The van der Waals surface area contributed by atoms with Gasteiger partial charge in [0.2, 0.25) is 0 Å². The van der Waals surface area contributed by atoms with Crippen LogP contribution in [0.4, 0.5) is 13.2 Å². The van der Waals surface area contributed by atoms with Crippen LogP contribution in [0.3, 0.4) is 0 Å². The van der Waals surface area contributed by atoms with Gasteiger partial charge in [0.05, 0.1) is 5.92 Å². The Morgan fingerprint density at radius 2 is 1.80 bits per heavy atom.